The van der Waals surface area contributed by atoms with E-state index in [1.165, 1.54) is 12.1 Å². The van der Waals surface area contributed by atoms with Gasteiger partial charge >= 0.3 is 0 Å². The van der Waals surface area contributed by atoms with Crippen molar-refractivity contribution in [2.75, 3.05) is 13.6 Å². The first-order valence-corrected chi connectivity index (χ1v) is 8.26. The van der Waals surface area contributed by atoms with Crippen LogP contribution in [-0.2, 0) is 4.79 Å². The van der Waals surface area contributed by atoms with Crippen LogP contribution in [-0.4, -0.2) is 19.5 Å². The molecule has 0 saturated heterocycles. The van der Waals surface area contributed by atoms with Crippen LogP contribution in [0.1, 0.15) is 24.1 Å². The van der Waals surface area contributed by atoms with Crippen LogP contribution in [0.15, 0.2) is 53.0 Å². The van der Waals surface area contributed by atoms with Crippen molar-refractivity contribution >= 4 is 34.2 Å². The zero-order chi connectivity index (χ0) is 16.8. The second-order valence-corrected chi connectivity index (χ2v) is 6.43. The monoisotopic (exact) mass is 414 g/mol. The first-order chi connectivity index (χ1) is 11.0. The molecule has 2 N–H and O–H groups in total. The van der Waals surface area contributed by atoms with Crippen LogP contribution in [0.3, 0.4) is 0 Å². The summed E-state index contributed by atoms with van der Waals surface area (Å²) < 4.78 is 14.5. The highest BCUT2D eigenvalue weighted by atomic mass is 79.9. The molecule has 3 nitrogen and oxygen atoms in total. The topological polar surface area (TPSA) is 41.1 Å². The quantitative estimate of drug-likeness (QED) is 0.747. The zero-order valence-corrected chi connectivity index (χ0v) is 16.0. The van der Waals surface area contributed by atoms with Crippen molar-refractivity contribution in [1.29, 1.82) is 0 Å². The van der Waals surface area contributed by atoms with Gasteiger partial charge in [-0.05, 0) is 42.4 Å². The van der Waals surface area contributed by atoms with Crippen molar-refractivity contribution in [3.8, 4) is 0 Å². The van der Waals surface area contributed by atoms with Crippen molar-refractivity contribution in [3.63, 3.8) is 0 Å². The predicted octanol–water partition coefficient (Wildman–Crippen LogP) is 4.07. The summed E-state index contributed by atoms with van der Waals surface area (Å²) in [5.74, 6) is -0.572. The molecule has 2 aromatic rings. The summed E-state index contributed by atoms with van der Waals surface area (Å²) in [6, 6.07) is 13.6. The van der Waals surface area contributed by atoms with Crippen LogP contribution in [0.2, 0.25) is 0 Å². The van der Waals surface area contributed by atoms with Crippen LogP contribution < -0.4 is 10.6 Å². The lowest BCUT2D eigenvalue weighted by Crippen LogP contribution is -2.37. The third-order valence-corrected chi connectivity index (χ3v) is 4.10. The second-order valence-electron chi connectivity index (χ2n) is 5.51. The Morgan fingerprint density at radius 3 is 2.38 bits per heavy atom. The smallest absolute Gasteiger partial charge is 0.224 e. The van der Waals surface area contributed by atoms with E-state index in [1.54, 1.807) is 6.07 Å². The molecule has 2 unspecified atom stereocenters. The molecule has 0 spiro atoms. The molecule has 0 saturated carbocycles. The number of carbonyl (C=O) groups is 1. The van der Waals surface area contributed by atoms with Crippen LogP contribution in [0, 0.1) is 11.7 Å². The molecular formula is C18H21BrClFN2O. The Balaban J connectivity index is 0.00000288. The van der Waals surface area contributed by atoms with Crippen LogP contribution in [0.25, 0.3) is 0 Å². The van der Waals surface area contributed by atoms with Crippen molar-refractivity contribution in [3.05, 3.63) is 69.9 Å². The summed E-state index contributed by atoms with van der Waals surface area (Å²) in [5.41, 5.74) is 1.61. The Morgan fingerprint density at radius 1 is 1.17 bits per heavy atom. The van der Waals surface area contributed by atoms with Gasteiger partial charge < -0.3 is 10.6 Å². The van der Waals surface area contributed by atoms with Gasteiger partial charge in [0.15, 0.2) is 0 Å². The highest BCUT2D eigenvalue weighted by Gasteiger charge is 2.20. The van der Waals surface area contributed by atoms with E-state index in [4.69, 9.17) is 0 Å². The Kier molecular flexibility index (Phi) is 8.39. The summed E-state index contributed by atoms with van der Waals surface area (Å²) in [7, 11) is 1.81. The fourth-order valence-corrected chi connectivity index (χ4v) is 2.83. The van der Waals surface area contributed by atoms with Gasteiger partial charge in [0, 0.05) is 16.9 Å². The van der Waals surface area contributed by atoms with Gasteiger partial charge in [0.2, 0.25) is 5.91 Å². The molecule has 0 fully saturated rings. The summed E-state index contributed by atoms with van der Waals surface area (Å²) in [6.45, 7) is 2.44. The van der Waals surface area contributed by atoms with Crippen molar-refractivity contribution in [2.45, 2.75) is 13.0 Å². The third kappa shape index (κ3) is 5.58. The molecule has 2 atom stereocenters. The molecule has 0 aromatic heterocycles. The molecular weight excluding hydrogens is 395 g/mol. The van der Waals surface area contributed by atoms with E-state index < -0.39 is 6.04 Å². The normalized spacial score (nSPS) is 12.8. The van der Waals surface area contributed by atoms with E-state index in [0.29, 0.717) is 12.1 Å². The minimum atomic E-state index is -0.394. The fraction of sp³-hybridized carbons (Fsp3) is 0.278. The lowest BCUT2D eigenvalue weighted by atomic mass is 9.97. The maximum Gasteiger partial charge on any atom is 0.224 e. The van der Waals surface area contributed by atoms with Gasteiger partial charge in [0.1, 0.15) is 5.82 Å². The molecule has 24 heavy (non-hydrogen) atoms. The van der Waals surface area contributed by atoms with E-state index in [-0.39, 0.29) is 30.0 Å². The summed E-state index contributed by atoms with van der Waals surface area (Å²) in [6.07, 6.45) is 0. The van der Waals surface area contributed by atoms with Gasteiger partial charge in [0.05, 0.1) is 6.04 Å². The molecule has 6 heteroatoms. The first-order valence-electron chi connectivity index (χ1n) is 7.47. The molecule has 2 rings (SSSR count). The number of halogens is 3. The van der Waals surface area contributed by atoms with Crippen molar-refractivity contribution in [2.24, 2.45) is 5.92 Å². The summed E-state index contributed by atoms with van der Waals surface area (Å²) in [5, 5.41) is 6.01. The van der Waals surface area contributed by atoms with E-state index in [1.807, 2.05) is 44.3 Å². The van der Waals surface area contributed by atoms with Crippen LogP contribution in [0.4, 0.5) is 4.39 Å². The molecule has 0 aliphatic heterocycles. The summed E-state index contributed by atoms with van der Waals surface area (Å²) >= 11 is 3.44. The molecule has 0 aliphatic carbocycles. The fourth-order valence-electron chi connectivity index (χ4n) is 2.41. The molecule has 1 amide bonds. The molecule has 0 heterocycles. The maximum absolute atomic E-state index is 13.6. The van der Waals surface area contributed by atoms with Gasteiger partial charge in [-0.2, -0.15) is 0 Å². The number of benzene rings is 2. The maximum atomic E-state index is 13.6. The average Bonchev–Trinajstić information content (AvgIpc) is 2.52. The number of rotatable bonds is 6. The average molecular weight is 416 g/mol. The van der Waals surface area contributed by atoms with Crippen LogP contribution >= 0.6 is 28.3 Å². The van der Waals surface area contributed by atoms with E-state index >= 15 is 0 Å². The van der Waals surface area contributed by atoms with Gasteiger partial charge in [-0.1, -0.05) is 47.1 Å². The SMILES string of the molecule is CNCC(C)C(=O)NC(c1cccc(F)c1)c1cccc(Br)c1.Cl. The number of carbonyl (C=O) groups excluding carboxylic acids is 1. The predicted molar refractivity (Wildman–Crippen MR) is 101 cm³/mol. The van der Waals surface area contributed by atoms with E-state index in [2.05, 4.69) is 26.6 Å². The molecule has 0 bridgehead atoms. The molecule has 130 valence electrons. The van der Waals surface area contributed by atoms with E-state index in [9.17, 15) is 9.18 Å². The molecule has 2 aromatic carbocycles. The zero-order valence-electron chi connectivity index (χ0n) is 13.6. The number of hydrogen-bond acceptors (Lipinski definition) is 2. The Hall–Kier alpha value is -1.43. The minimum absolute atomic E-state index is 0. The lowest BCUT2D eigenvalue weighted by Gasteiger charge is -2.22. The van der Waals surface area contributed by atoms with Crippen molar-refractivity contribution < 1.29 is 9.18 Å². The van der Waals surface area contributed by atoms with Gasteiger partial charge in [-0.15, -0.1) is 12.4 Å². The standard InChI is InChI=1S/C18H20BrFN2O.ClH/c1-12(11-21-2)18(23)22-17(13-5-3-7-15(19)9-13)14-6-4-8-16(20)10-14;/h3-10,12,17,21H,11H2,1-2H3,(H,22,23);1H. The lowest BCUT2D eigenvalue weighted by molar-refractivity contribution is -0.124. The third-order valence-electron chi connectivity index (χ3n) is 3.61. The van der Waals surface area contributed by atoms with Gasteiger partial charge in [-0.25, -0.2) is 4.39 Å². The summed E-state index contributed by atoms with van der Waals surface area (Å²) in [4.78, 5) is 12.4. The highest BCUT2D eigenvalue weighted by Crippen LogP contribution is 2.25. The number of hydrogen-bond donors (Lipinski definition) is 2. The van der Waals surface area contributed by atoms with E-state index in [0.717, 1.165) is 10.0 Å². The molecule has 0 aliphatic rings. The Morgan fingerprint density at radius 2 is 1.79 bits per heavy atom. The second kappa shape index (κ2) is 9.77. The Bertz CT molecular complexity index is 638. The van der Waals surface area contributed by atoms with Crippen molar-refractivity contribution in [1.82, 2.24) is 10.6 Å². The van der Waals surface area contributed by atoms with Gasteiger partial charge in [0.25, 0.3) is 0 Å². The largest absolute Gasteiger partial charge is 0.345 e. The van der Waals surface area contributed by atoms with Gasteiger partial charge in [-0.3, -0.25) is 4.79 Å². The first kappa shape index (κ1) is 20.6. The minimum Gasteiger partial charge on any atom is -0.345 e. The molecule has 0 radical (unpaired) electrons. The number of amides is 1. The number of nitrogens with one attached hydrogen (secondary N) is 2. The van der Waals surface area contributed by atoms with Crippen LogP contribution in [0.5, 0.6) is 0 Å². The highest BCUT2D eigenvalue weighted by molar-refractivity contribution is 9.10. The Labute approximate surface area is 156 Å².